The van der Waals surface area contributed by atoms with Gasteiger partial charge in [-0.2, -0.15) is 0 Å². The number of hydrogen-bond donors (Lipinski definition) is 4. The quantitative estimate of drug-likeness (QED) is 0.0340. The maximum atomic E-state index is 9.60. The first kappa shape index (κ1) is 55.0. The number of rotatable bonds is 36. The Labute approximate surface area is 420 Å². The maximum absolute atomic E-state index is 9.60. The molecule has 1 unspecified atom stereocenters. The summed E-state index contributed by atoms with van der Waals surface area (Å²) in [7, 11) is 0. The van der Waals surface area contributed by atoms with Crippen molar-refractivity contribution in [3.8, 4) is 33.4 Å². The Balaban J connectivity index is 1.35. The van der Waals surface area contributed by atoms with Gasteiger partial charge in [-0.15, -0.1) is 0 Å². The number of hydrogen-bond acceptors (Lipinski definition) is 6. The van der Waals surface area contributed by atoms with E-state index in [1.165, 1.54) is 152 Å². The van der Waals surface area contributed by atoms with E-state index in [-0.39, 0.29) is 37.3 Å². The SMILES string of the molecule is CCCCCCCCC1(CCCCCCC)c2cc(C)ccc2-c2ccc(-c3ccc4c(c3)C(CCCCCCN(CCO)CCO)(CCCCCCN(CCO)CCO)c3cc(C)ccc3-4)cc21. The van der Waals surface area contributed by atoms with Crippen LogP contribution in [0.4, 0.5) is 0 Å². The lowest BCUT2D eigenvalue weighted by atomic mass is 9.69. The van der Waals surface area contributed by atoms with Crippen LogP contribution in [0.25, 0.3) is 33.4 Å². The Kier molecular flexibility index (Phi) is 22.8. The van der Waals surface area contributed by atoms with E-state index >= 15 is 0 Å². The molecule has 69 heavy (non-hydrogen) atoms. The fraction of sp³-hybridized carbons (Fsp3) is 0.619. The molecule has 0 saturated carbocycles. The lowest BCUT2D eigenvalue weighted by molar-refractivity contribution is 0.159. The number of benzene rings is 4. The van der Waals surface area contributed by atoms with E-state index in [1.54, 1.807) is 11.1 Å². The van der Waals surface area contributed by atoms with E-state index in [0.717, 1.165) is 64.5 Å². The second kappa shape index (κ2) is 28.6. The predicted molar refractivity (Wildman–Crippen MR) is 293 cm³/mol. The summed E-state index contributed by atoms with van der Waals surface area (Å²) in [5.41, 5.74) is 17.3. The largest absolute Gasteiger partial charge is 0.395 e. The Bertz CT molecular complexity index is 2090. The van der Waals surface area contributed by atoms with Gasteiger partial charge in [0, 0.05) is 37.0 Å². The van der Waals surface area contributed by atoms with Crippen molar-refractivity contribution in [2.75, 3.05) is 65.7 Å². The van der Waals surface area contributed by atoms with Gasteiger partial charge in [0.2, 0.25) is 0 Å². The molecule has 4 N–H and O–H groups in total. The van der Waals surface area contributed by atoms with Crippen molar-refractivity contribution in [3.05, 3.63) is 106 Å². The van der Waals surface area contributed by atoms with Crippen LogP contribution in [-0.4, -0.2) is 95.9 Å². The highest BCUT2D eigenvalue weighted by Gasteiger charge is 2.44. The van der Waals surface area contributed by atoms with Gasteiger partial charge >= 0.3 is 0 Å². The molecular weight excluding hydrogens is 849 g/mol. The lowest BCUT2D eigenvalue weighted by Crippen LogP contribution is -2.30. The minimum Gasteiger partial charge on any atom is -0.395 e. The second-order valence-corrected chi connectivity index (χ2v) is 21.4. The third-order valence-corrected chi connectivity index (χ3v) is 16.4. The fourth-order valence-electron chi connectivity index (χ4n) is 12.6. The Morgan fingerprint density at radius 2 is 0.623 bits per heavy atom. The first-order valence-corrected chi connectivity index (χ1v) is 28.2. The average Bonchev–Trinajstić information content (AvgIpc) is 3.76. The zero-order valence-electron chi connectivity index (χ0n) is 43.9. The molecule has 0 amide bonds. The van der Waals surface area contributed by atoms with Gasteiger partial charge in [0.1, 0.15) is 0 Å². The highest BCUT2D eigenvalue weighted by molar-refractivity contribution is 5.87. The van der Waals surface area contributed by atoms with Gasteiger partial charge in [0.05, 0.1) is 26.4 Å². The van der Waals surface area contributed by atoms with Crippen LogP contribution >= 0.6 is 0 Å². The summed E-state index contributed by atoms with van der Waals surface area (Å²) in [6.45, 7) is 14.0. The highest BCUT2D eigenvalue weighted by Crippen LogP contribution is 2.57. The molecule has 0 fully saturated rings. The first-order chi connectivity index (χ1) is 33.8. The minimum atomic E-state index is -0.0726. The normalized spacial score (nSPS) is 15.6. The van der Waals surface area contributed by atoms with Crippen LogP contribution in [0.5, 0.6) is 0 Å². The van der Waals surface area contributed by atoms with E-state index in [4.69, 9.17) is 0 Å². The van der Waals surface area contributed by atoms with Gasteiger partial charge in [0.15, 0.2) is 0 Å². The summed E-state index contributed by atoms with van der Waals surface area (Å²) >= 11 is 0. The Hall–Kier alpha value is -3.36. The summed E-state index contributed by atoms with van der Waals surface area (Å²) in [4.78, 5) is 4.38. The molecular formula is C63H94N2O4. The van der Waals surface area contributed by atoms with Gasteiger partial charge < -0.3 is 20.4 Å². The maximum Gasteiger partial charge on any atom is 0.0558 e. The van der Waals surface area contributed by atoms with Crippen molar-refractivity contribution in [2.45, 2.75) is 186 Å². The van der Waals surface area contributed by atoms with Crippen molar-refractivity contribution in [3.63, 3.8) is 0 Å². The van der Waals surface area contributed by atoms with Crippen LogP contribution in [0.2, 0.25) is 0 Å². The van der Waals surface area contributed by atoms with Crippen molar-refractivity contribution in [1.29, 1.82) is 0 Å². The molecule has 6 heteroatoms. The number of nitrogens with zero attached hydrogens (tertiary/aromatic N) is 2. The predicted octanol–water partition coefficient (Wildman–Crippen LogP) is 14.1. The average molecular weight is 943 g/mol. The molecule has 0 radical (unpaired) electrons. The monoisotopic (exact) mass is 943 g/mol. The van der Waals surface area contributed by atoms with Crippen LogP contribution in [0.15, 0.2) is 72.8 Å². The van der Waals surface area contributed by atoms with Crippen molar-refractivity contribution >= 4 is 0 Å². The Morgan fingerprint density at radius 3 is 0.957 bits per heavy atom. The molecule has 2 aliphatic carbocycles. The number of aliphatic hydroxyl groups excluding tert-OH is 4. The first-order valence-electron chi connectivity index (χ1n) is 28.2. The zero-order valence-corrected chi connectivity index (χ0v) is 43.9. The summed E-state index contributed by atoms with van der Waals surface area (Å²) in [6, 6.07) is 29.7. The fourth-order valence-corrected chi connectivity index (χ4v) is 12.6. The molecule has 0 heterocycles. The van der Waals surface area contributed by atoms with Gasteiger partial charge in [-0.05, 0) is 133 Å². The Morgan fingerprint density at radius 1 is 0.333 bits per heavy atom. The van der Waals surface area contributed by atoms with Crippen molar-refractivity contribution in [1.82, 2.24) is 9.80 Å². The van der Waals surface area contributed by atoms with E-state index in [0.29, 0.717) is 26.2 Å². The summed E-state index contributed by atoms with van der Waals surface area (Å²) in [5, 5.41) is 38.4. The molecule has 0 spiro atoms. The van der Waals surface area contributed by atoms with Crippen LogP contribution in [0.3, 0.4) is 0 Å². The molecule has 2 aliphatic rings. The number of aryl methyl sites for hydroxylation is 2. The summed E-state index contributed by atoms with van der Waals surface area (Å²) < 4.78 is 0. The summed E-state index contributed by atoms with van der Waals surface area (Å²) in [5.74, 6) is 0. The number of fused-ring (bicyclic) bond motifs is 6. The molecule has 1 atom stereocenters. The number of unbranched alkanes of at least 4 members (excludes halogenated alkanes) is 15. The molecule has 0 saturated heterocycles. The molecule has 0 aromatic heterocycles. The van der Waals surface area contributed by atoms with Crippen molar-refractivity contribution in [2.24, 2.45) is 0 Å². The third-order valence-electron chi connectivity index (χ3n) is 16.4. The van der Waals surface area contributed by atoms with Crippen LogP contribution < -0.4 is 0 Å². The lowest BCUT2D eigenvalue weighted by Gasteiger charge is -2.34. The molecule has 0 aliphatic heterocycles. The molecule has 6 nitrogen and oxygen atoms in total. The second-order valence-electron chi connectivity index (χ2n) is 21.4. The van der Waals surface area contributed by atoms with Crippen LogP contribution in [-0.2, 0) is 10.8 Å². The molecule has 4 aromatic carbocycles. The van der Waals surface area contributed by atoms with E-state index in [1.807, 2.05) is 0 Å². The van der Waals surface area contributed by atoms with E-state index in [9.17, 15) is 20.4 Å². The highest BCUT2D eigenvalue weighted by atomic mass is 16.3. The molecule has 4 aromatic rings. The number of aliphatic hydroxyl groups is 4. The molecule has 0 bridgehead atoms. The molecule has 380 valence electrons. The standard InChI is InChI=1S/C63H94N2O4/c1-5-7-9-11-13-19-33-62(32-18-12-10-8-6-2)58-46-50(3)24-28-54(58)56-30-26-52(48-60(56)62)53-27-31-57-55-29-25-51(4)47-59(55)63(61(57)49-53,34-20-14-16-22-36-64(38-42-66)39-43-67)35-21-15-17-23-37-65(40-44-68)41-45-69/h24-31,46-49,66-69H,5-23,32-45H2,1-4H3. The molecule has 6 rings (SSSR count). The zero-order chi connectivity index (χ0) is 48.9. The smallest absolute Gasteiger partial charge is 0.0558 e. The van der Waals surface area contributed by atoms with E-state index in [2.05, 4.69) is 110 Å². The van der Waals surface area contributed by atoms with Crippen molar-refractivity contribution < 1.29 is 20.4 Å². The van der Waals surface area contributed by atoms with Gasteiger partial charge in [-0.3, -0.25) is 9.80 Å². The third kappa shape index (κ3) is 14.2. The van der Waals surface area contributed by atoms with Gasteiger partial charge in [-0.25, -0.2) is 0 Å². The van der Waals surface area contributed by atoms with Crippen LogP contribution in [0.1, 0.15) is 195 Å². The summed E-state index contributed by atoms with van der Waals surface area (Å²) in [6.07, 6.45) is 28.2. The minimum absolute atomic E-state index is 0.0400. The van der Waals surface area contributed by atoms with Crippen LogP contribution in [0, 0.1) is 13.8 Å². The van der Waals surface area contributed by atoms with E-state index < -0.39 is 0 Å². The van der Waals surface area contributed by atoms with Gasteiger partial charge in [0.25, 0.3) is 0 Å². The van der Waals surface area contributed by atoms with Gasteiger partial charge in [-0.1, -0.05) is 195 Å². The topological polar surface area (TPSA) is 87.4 Å².